The maximum absolute atomic E-state index is 12.5. The molecule has 2 aliphatic rings. The molecule has 0 saturated carbocycles. The number of benzene rings is 1. The van der Waals surface area contributed by atoms with Gasteiger partial charge in [-0.3, -0.25) is 4.90 Å². The molecule has 22 heavy (non-hydrogen) atoms. The molecule has 1 N–H and O–H groups in total. The molecule has 0 aromatic heterocycles. The molecule has 6 heteroatoms. The van der Waals surface area contributed by atoms with Gasteiger partial charge < -0.3 is 19.5 Å². The first-order chi connectivity index (χ1) is 10.4. The Hall–Kier alpha value is -1.95. The van der Waals surface area contributed by atoms with Crippen LogP contribution in [-0.2, 0) is 4.74 Å². The average molecular weight is 306 g/mol. The predicted octanol–water partition coefficient (Wildman–Crippen LogP) is 2.30. The molecular formula is C16H22N2O4. The number of piperazine rings is 1. The van der Waals surface area contributed by atoms with Gasteiger partial charge in [-0.15, -0.1) is 0 Å². The Kier molecular flexibility index (Phi) is 3.87. The van der Waals surface area contributed by atoms with Crippen LogP contribution in [0.2, 0.25) is 0 Å². The molecule has 120 valence electrons. The number of ether oxygens (including phenoxy) is 3. The number of rotatable bonds is 1. The third-order valence-electron chi connectivity index (χ3n) is 3.65. The van der Waals surface area contributed by atoms with E-state index in [0.717, 1.165) is 23.6 Å². The SMILES string of the molecule is CC(C)(C)OC(=O)N1CCNC[C@H]1c1ccc2c(c1)OCO2. The van der Waals surface area contributed by atoms with Crippen LogP contribution in [0.3, 0.4) is 0 Å². The third kappa shape index (κ3) is 3.11. The van der Waals surface area contributed by atoms with E-state index in [1.165, 1.54) is 0 Å². The van der Waals surface area contributed by atoms with E-state index in [1.54, 1.807) is 4.90 Å². The summed E-state index contributed by atoms with van der Waals surface area (Å²) in [6, 6.07) is 5.73. The minimum atomic E-state index is -0.499. The summed E-state index contributed by atoms with van der Waals surface area (Å²) < 4.78 is 16.3. The Balaban J connectivity index is 1.82. The zero-order valence-corrected chi connectivity index (χ0v) is 13.2. The second-order valence-electron chi connectivity index (χ2n) is 6.51. The maximum atomic E-state index is 12.5. The van der Waals surface area contributed by atoms with E-state index in [-0.39, 0.29) is 18.9 Å². The van der Waals surface area contributed by atoms with Crippen LogP contribution in [-0.4, -0.2) is 43.0 Å². The molecule has 1 atom stereocenters. The van der Waals surface area contributed by atoms with Gasteiger partial charge in [0.15, 0.2) is 11.5 Å². The second-order valence-corrected chi connectivity index (χ2v) is 6.51. The monoisotopic (exact) mass is 306 g/mol. The van der Waals surface area contributed by atoms with Crippen LogP contribution in [0.5, 0.6) is 11.5 Å². The number of nitrogens with zero attached hydrogens (tertiary/aromatic N) is 1. The predicted molar refractivity (Wildman–Crippen MR) is 81.1 cm³/mol. The largest absolute Gasteiger partial charge is 0.454 e. The van der Waals surface area contributed by atoms with Crippen LogP contribution in [0.25, 0.3) is 0 Å². The number of hydrogen-bond acceptors (Lipinski definition) is 5. The lowest BCUT2D eigenvalue weighted by molar-refractivity contribution is 0.0117. The Bertz CT molecular complexity index is 568. The molecule has 1 aromatic rings. The Morgan fingerprint density at radius 2 is 2.09 bits per heavy atom. The topological polar surface area (TPSA) is 60.0 Å². The molecule has 1 saturated heterocycles. The van der Waals surface area contributed by atoms with Gasteiger partial charge in [0, 0.05) is 19.6 Å². The van der Waals surface area contributed by atoms with Crippen molar-refractivity contribution in [1.82, 2.24) is 10.2 Å². The second kappa shape index (κ2) is 5.68. The van der Waals surface area contributed by atoms with Gasteiger partial charge in [-0.1, -0.05) is 6.07 Å². The summed E-state index contributed by atoms with van der Waals surface area (Å²) in [5.74, 6) is 1.48. The number of nitrogens with one attached hydrogen (secondary N) is 1. The number of carbonyl (C=O) groups excluding carboxylic acids is 1. The van der Waals surface area contributed by atoms with E-state index in [9.17, 15) is 4.79 Å². The molecular weight excluding hydrogens is 284 g/mol. The summed E-state index contributed by atoms with van der Waals surface area (Å²) in [4.78, 5) is 14.2. The quantitative estimate of drug-likeness (QED) is 0.862. The van der Waals surface area contributed by atoms with Crippen LogP contribution >= 0.6 is 0 Å². The van der Waals surface area contributed by atoms with Crippen LogP contribution in [0, 0.1) is 0 Å². The van der Waals surface area contributed by atoms with Gasteiger partial charge >= 0.3 is 6.09 Å². The molecule has 1 fully saturated rings. The zero-order valence-electron chi connectivity index (χ0n) is 13.2. The summed E-state index contributed by atoms with van der Waals surface area (Å²) in [6.07, 6.45) is -0.281. The van der Waals surface area contributed by atoms with Crippen molar-refractivity contribution < 1.29 is 19.0 Å². The highest BCUT2D eigenvalue weighted by molar-refractivity contribution is 5.69. The average Bonchev–Trinajstić information content (AvgIpc) is 2.92. The molecule has 6 nitrogen and oxygen atoms in total. The number of carbonyl (C=O) groups is 1. The molecule has 0 bridgehead atoms. The van der Waals surface area contributed by atoms with Crippen molar-refractivity contribution in [3.63, 3.8) is 0 Å². The summed E-state index contributed by atoms with van der Waals surface area (Å²) in [5.41, 5.74) is 0.517. The van der Waals surface area contributed by atoms with Crippen LogP contribution < -0.4 is 14.8 Å². The van der Waals surface area contributed by atoms with Crippen molar-refractivity contribution >= 4 is 6.09 Å². The van der Waals surface area contributed by atoms with Gasteiger partial charge in [0.1, 0.15) is 5.60 Å². The normalized spacial score (nSPS) is 20.9. The molecule has 0 spiro atoms. The van der Waals surface area contributed by atoms with Gasteiger partial charge in [-0.25, -0.2) is 4.79 Å². The molecule has 0 aliphatic carbocycles. The first-order valence-electron chi connectivity index (χ1n) is 7.54. The fourth-order valence-electron chi connectivity index (χ4n) is 2.66. The molecule has 2 aliphatic heterocycles. The van der Waals surface area contributed by atoms with Gasteiger partial charge in [-0.2, -0.15) is 0 Å². The van der Waals surface area contributed by atoms with Crippen molar-refractivity contribution in [2.75, 3.05) is 26.4 Å². The lowest BCUT2D eigenvalue weighted by Crippen LogP contribution is -2.50. The van der Waals surface area contributed by atoms with Crippen LogP contribution in [0.4, 0.5) is 4.79 Å². The summed E-state index contributed by atoms with van der Waals surface area (Å²) >= 11 is 0. The maximum Gasteiger partial charge on any atom is 0.410 e. The smallest absolute Gasteiger partial charge is 0.410 e. The van der Waals surface area contributed by atoms with E-state index in [0.29, 0.717) is 13.1 Å². The van der Waals surface area contributed by atoms with Gasteiger partial charge in [0.05, 0.1) is 6.04 Å². The number of amides is 1. The van der Waals surface area contributed by atoms with E-state index in [4.69, 9.17) is 14.2 Å². The Labute approximate surface area is 130 Å². The highest BCUT2D eigenvalue weighted by Crippen LogP contribution is 2.36. The van der Waals surface area contributed by atoms with Crippen molar-refractivity contribution in [2.24, 2.45) is 0 Å². The fourth-order valence-corrected chi connectivity index (χ4v) is 2.66. The molecule has 1 amide bonds. The van der Waals surface area contributed by atoms with Gasteiger partial charge in [0.2, 0.25) is 6.79 Å². The molecule has 0 radical (unpaired) electrons. The third-order valence-corrected chi connectivity index (χ3v) is 3.65. The minimum absolute atomic E-state index is 0.0712. The van der Waals surface area contributed by atoms with Crippen molar-refractivity contribution in [3.05, 3.63) is 23.8 Å². The number of hydrogen-bond donors (Lipinski definition) is 1. The van der Waals surface area contributed by atoms with Crippen molar-refractivity contribution in [3.8, 4) is 11.5 Å². The van der Waals surface area contributed by atoms with E-state index < -0.39 is 5.60 Å². The fraction of sp³-hybridized carbons (Fsp3) is 0.562. The lowest BCUT2D eigenvalue weighted by Gasteiger charge is -2.37. The Morgan fingerprint density at radius 1 is 1.32 bits per heavy atom. The molecule has 1 aromatic carbocycles. The highest BCUT2D eigenvalue weighted by atomic mass is 16.7. The summed E-state index contributed by atoms with van der Waals surface area (Å²) in [5, 5.41) is 3.33. The first kappa shape index (κ1) is 15.0. The van der Waals surface area contributed by atoms with Crippen LogP contribution in [0.15, 0.2) is 18.2 Å². The standard InChI is InChI=1S/C16H22N2O4/c1-16(2,3)22-15(19)18-7-6-17-9-12(18)11-4-5-13-14(8-11)21-10-20-13/h4-5,8,12,17H,6-7,9-10H2,1-3H3/t12-/m0/s1. The molecule has 3 rings (SSSR count). The number of fused-ring (bicyclic) bond motifs is 1. The molecule has 0 unspecified atom stereocenters. The lowest BCUT2D eigenvalue weighted by atomic mass is 10.0. The summed E-state index contributed by atoms with van der Waals surface area (Å²) in [6.45, 7) is 7.96. The van der Waals surface area contributed by atoms with Gasteiger partial charge in [0.25, 0.3) is 0 Å². The van der Waals surface area contributed by atoms with Gasteiger partial charge in [-0.05, 0) is 38.5 Å². The minimum Gasteiger partial charge on any atom is -0.454 e. The molecule has 2 heterocycles. The van der Waals surface area contributed by atoms with Crippen molar-refractivity contribution in [1.29, 1.82) is 0 Å². The Morgan fingerprint density at radius 3 is 2.86 bits per heavy atom. The van der Waals surface area contributed by atoms with Crippen LogP contribution in [0.1, 0.15) is 32.4 Å². The van der Waals surface area contributed by atoms with E-state index >= 15 is 0 Å². The van der Waals surface area contributed by atoms with E-state index in [1.807, 2.05) is 39.0 Å². The highest BCUT2D eigenvalue weighted by Gasteiger charge is 2.32. The summed E-state index contributed by atoms with van der Waals surface area (Å²) in [7, 11) is 0. The zero-order chi connectivity index (χ0) is 15.7. The van der Waals surface area contributed by atoms with Crippen molar-refractivity contribution in [2.45, 2.75) is 32.4 Å². The van der Waals surface area contributed by atoms with E-state index in [2.05, 4.69) is 5.32 Å². The first-order valence-corrected chi connectivity index (χ1v) is 7.54.